The number of pyridine rings is 1. The molecular formula is C14H14N2O3. The van der Waals surface area contributed by atoms with Crippen LogP contribution in [0.15, 0.2) is 30.3 Å². The van der Waals surface area contributed by atoms with Crippen LogP contribution in [0.25, 0.3) is 10.9 Å². The molecule has 5 heteroatoms. The van der Waals surface area contributed by atoms with Crippen LogP contribution in [-0.4, -0.2) is 40.4 Å². The van der Waals surface area contributed by atoms with Crippen molar-refractivity contribution in [1.82, 2.24) is 4.98 Å². The van der Waals surface area contributed by atoms with Gasteiger partial charge in [-0.1, -0.05) is 18.2 Å². The van der Waals surface area contributed by atoms with E-state index < -0.39 is 5.97 Å². The maximum absolute atomic E-state index is 11.1. The highest BCUT2D eigenvalue weighted by Gasteiger charge is 2.23. The number of para-hydroxylation sites is 1. The Labute approximate surface area is 110 Å². The van der Waals surface area contributed by atoms with E-state index in [9.17, 15) is 9.90 Å². The predicted octanol–water partition coefficient (Wildman–Crippen LogP) is 1.50. The average Bonchev–Trinajstić information content (AvgIpc) is 2.84. The molecule has 2 N–H and O–H groups in total. The molecule has 1 aliphatic heterocycles. The second-order valence-corrected chi connectivity index (χ2v) is 4.74. The third-order valence-corrected chi connectivity index (χ3v) is 3.42. The van der Waals surface area contributed by atoms with Crippen molar-refractivity contribution in [3.05, 3.63) is 36.0 Å². The zero-order valence-electron chi connectivity index (χ0n) is 10.3. The number of aliphatic hydroxyl groups excluding tert-OH is 1. The molecule has 1 unspecified atom stereocenters. The highest BCUT2D eigenvalue weighted by molar-refractivity contribution is 5.97. The molecule has 0 spiro atoms. The Morgan fingerprint density at radius 3 is 2.84 bits per heavy atom. The van der Waals surface area contributed by atoms with Crippen LogP contribution in [0.4, 0.5) is 5.69 Å². The standard InChI is InChI=1S/C14H14N2O3/c17-9-5-6-16(8-9)13-7-12(14(18)19)15-11-4-2-1-3-10(11)13/h1-4,7,9,17H,5-6,8H2,(H,18,19). The zero-order valence-corrected chi connectivity index (χ0v) is 10.3. The minimum Gasteiger partial charge on any atom is -0.477 e. The van der Waals surface area contributed by atoms with Crippen LogP contribution in [0, 0.1) is 0 Å². The van der Waals surface area contributed by atoms with Gasteiger partial charge in [0.25, 0.3) is 0 Å². The van der Waals surface area contributed by atoms with E-state index in [2.05, 4.69) is 4.98 Å². The van der Waals surface area contributed by atoms with Gasteiger partial charge in [0.05, 0.1) is 11.6 Å². The average molecular weight is 258 g/mol. The van der Waals surface area contributed by atoms with E-state index in [4.69, 9.17) is 5.11 Å². The molecule has 1 atom stereocenters. The summed E-state index contributed by atoms with van der Waals surface area (Å²) in [6, 6.07) is 9.05. The predicted molar refractivity (Wildman–Crippen MR) is 71.5 cm³/mol. The van der Waals surface area contributed by atoms with Gasteiger partial charge in [0.15, 0.2) is 5.69 Å². The number of aromatic carboxylic acids is 1. The van der Waals surface area contributed by atoms with Gasteiger partial charge in [-0.3, -0.25) is 0 Å². The SMILES string of the molecule is O=C(O)c1cc(N2CCC(O)C2)c2ccccc2n1. The van der Waals surface area contributed by atoms with Gasteiger partial charge in [-0.15, -0.1) is 0 Å². The molecule has 19 heavy (non-hydrogen) atoms. The summed E-state index contributed by atoms with van der Waals surface area (Å²) in [5.74, 6) is -1.04. The maximum Gasteiger partial charge on any atom is 0.354 e. The summed E-state index contributed by atoms with van der Waals surface area (Å²) in [5, 5.41) is 19.7. The largest absolute Gasteiger partial charge is 0.477 e. The number of aliphatic hydroxyl groups is 1. The Hall–Kier alpha value is -2.14. The summed E-state index contributed by atoms with van der Waals surface area (Å²) in [6.07, 6.45) is 0.360. The number of carboxylic acid groups (broad SMARTS) is 1. The van der Waals surface area contributed by atoms with Crippen molar-refractivity contribution < 1.29 is 15.0 Å². The van der Waals surface area contributed by atoms with Gasteiger partial charge >= 0.3 is 5.97 Å². The Balaban J connectivity index is 2.17. The van der Waals surface area contributed by atoms with Crippen LogP contribution < -0.4 is 4.90 Å². The van der Waals surface area contributed by atoms with E-state index in [-0.39, 0.29) is 11.8 Å². The topological polar surface area (TPSA) is 73.7 Å². The first-order valence-corrected chi connectivity index (χ1v) is 6.21. The number of hydrogen-bond acceptors (Lipinski definition) is 4. The Morgan fingerprint density at radius 1 is 1.37 bits per heavy atom. The molecule has 1 aromatic heterocycles. The normalized spacial score (nSPS) is 19.0. The lowest BCUT2D eigenvalue weighted by atomic mass is 10.1. The summed E-state index contributed by atoms with van der Waals surface area (Å²) in [5.41, 5.74) is 1.54. The molecule has 0 saturated carbocycles. The lowest BCUT2D eigenvalue weighted by Crippen LogP contribution is -2.22. The molecule has 2 heterocycles. The number of anilines is 1. The molecule has 0 aliphatic carbocycles. The van der Waals surface area contributed by atoms with Crippen molar-refractivity contribution in [2.45, 2.75) is 12.5 Å². The lowest BCUT2D eigenvalue weighted by molar-refractivity contribution is 0.0691. The molecular weight excluding hydrogens is 244 g/mol. The molecule has 5 nitrogen and oxygen atoms in total. The quantitative estimate of drug-likeness (QED) is 0.854. The summed E-state index contributed by atoms with van der Waals surface area (Å²) in [7, 11) is 0. The van der Waals surface area contributed by atoms with E-state index >= 15 is 0 Å². The third-order valence-electron chi connectivity index (χ3n) is 3.42. The number of fused-ring (bicyclic) bond motifs is 1. The first-order chi connectivity index (χ1) is 9.15. The molecule has 1 saturated heterocycles. The van der Waals surface area contributed by atoms with Crippen LogP contribution in [-0.2, 0) is 0 Å². The fourth-order valence-corrected chi connectivity index (χ4v) is 2.49. The third kappa shape index (κ3) is 2.13. The molecule has 2 aromatic rings. The maximum atomic E-state index is 11.1. The van der Waals surface area contributed by atoms with Gasteiger partial charge in [0.2, 0.25) is 0 Å². The van der Waals surface area contributed by atoms with Crippen LogP contribution in [0.1, 0.15) is 16.9 Å². The van der Waals surface area contributed by atoms with Gasteiger partial charge in [-0.25, -0.2) is 9.78 Å². The molecule has 1 aliphatic rings. The van der Waals surface area contributed by atoms with Gasteiger partial charge in [0, 0.05) is 24.2 Å². The number of β-amino-alcohol motifs (C(OH)–C–C–N with tert-alkyl or cyclic N) is 1. The minimum atomic E-state index is -1.04. The number of carbonyl (C=O) groups is 1. The van der Waals surface area contributed by atoms with Crippen LogP contribution in [0.3, 0.4) is 0 Å². The number of carboxylic acids is 1. The van der Waals surface area contributed by atoms with Crippen LogP contribution >= 0.6 is 0 Å². The van der Waals surface area contributed by atoms with Gasteiger partial charge < -0.3 is 15.1 Å². The molecule has 0 radical (unpaired) electrons. The van der Waals surface area contributed by atoms with Crippen molar-refractivity contribution in [1.29, 1.82) is 0 Å². The molecule has 98 valence electrons. The summed E-state index contributed by atoms with van der Waals surface area (Å²) < 4.78 is 0. The van der Waals surface area contributed by atoms with Gasteiger partial charge in [-0.2, -0.15) is 0 Å². The van der Waals surface area contributed by atoms with Crippen molar-refractivity contribution in [3.8, 4) is 0 Å². The first kappa shape index (κ1) is 11.9. The first-order valence-electron chi connectivity index (χ1n) is 6.21. The van der Waals surface area contributed by atoms with Crippen molar-refractivity contribution in [3.63, 3.8) is 0 Å². The smallest absolute Gasteiger partial charge is 0.354 e. The van der Waals surface area contributed by atoms with Crippen LogP contribution in [0.5, 0.6) is 0 Å². The molecule has 1 fully saturated rings. The van der Waals surface area contributed by atoms with E-state index in [1.807, 2.05) is 23.1 Å². The zero-order chi connectivity index (χ0) is 13.4. The second-order valence-electron chi connectivity index (χ2n) is 4.74. The molecule has 1 aromatic carbocycles. The van der Waals surface area contributed by atoms with E-state index in [1.54, 1.807) is 12.1 Å². The van der Waals surface area contributed by atoms with E-state index in [0.717, 1.165) is 17.6 Å². The molecule has 3 rings (SSSR count). The number of nitrogens with zero attached hydrogens (tertiary/aromatic N) is 2. The number of aromatic nitrogens is 1. The van der Waals surface area contributed by atoms with E-state index in [1.165, 1.54) is 0 Å². The summed E-state index contributed by atoms with van der Waals surface area (Å²) in [6.45, 7) is 1.27. The van der Waals surface area contributed by atoms with Gasteiger partial charge in [-0.05, 0) is 18.6 Å². The Bertz CT molecular complexity index is 642. The highest BCUT2D eigenvalue weighted by Crippen LogP contribution is 2.29. The number of hydrogen-bond donors (Lipinski definition) is 2. The fourth-order valence-electron chi connectivity index (χ4n) is 2.49. The monoisotopic (exact) mass is 258 g/mol. The van der Waals surface area contributed by atoms with Crippen LogP contribution in [0.2, 0.25) is 0 Å². The fraction of sp³-hybridized carbons (Fsp3) is 0.286. The van der Waals surface area contributed by atoms with Crippen molar-refractivity contribution >= 4 is 22.6 Å². The highest BCUT2D eigenvalue weighted by atomic mass is 16.4. The summed E-state index contributed by atoms with van der Waals surface area (Å²) >= 11 is 0. The van der Waals surface area contributed by atoms with Crippen molar-refractivity contribution in [2.75, 3.05) is 18.0 Å². The minimum absolute atomic E-state index is 0.0371. The second kappa shape index (κ2) is 4.51. The van der Waals surface area contributed by atoms with E-state index in [0.29, 0.717) is 18.5 Å². The molecule has 0 bridgehead atoms. The number of benzene rings is 1. The Kier molecular flexibility index (Phi) is 2.83. The van der Waals surface area contributed by atoms with Gasteiger partial charge in [0.1, 0.15) is 0 Å². The number of rotatable bonds is 2. The van der Waals surface area contributed by atoms with Crippen molar-refractivity contribution in [2.24, 2.45) is 0 Å². The Morgan fingerprint density at radius 2 is 2.16 bits per heavy atom. The summed E-state index contributed by atoms with van der Waals surface area (Å²) in [4.78, 5) is 17.3. The lowest BCUT2D eigenvalue weighted by Gasteiger charge is -2.20. The molecule has 0 amide bonds.